The van der Waals surface area contributed by atoms with Crippen LogP contribution in [-0.2, 0) is 43.2 Å². The van der Waals surface area contributed by atoms with E-state index in [0.717, 1.165) is 25.7 Å². The van der Waals surface area contributed by atoms with Crippen molar-refractivity contribution in [3.63, 3.8) is 0 Å². The van der Waals surface area contributed by atoms with Crippen LogP contribution in [0.25, 0.3) is 0 Å². The molecule has 0 aliphatic carbocycles. The Morgan fingerprint density at radius 1 is 0.471 bits per heavy atom. The molecule has 0 spiro atoms. The Morgan fingerprint density at radius 3 is 1.44 bits per heavy atom. The highest BCUT2D eigenvalue weighted by atomic mass is 16.4. The Morgan fingerprint density at radius 2 is 0.914 bits per heavy atom. The quantitative estimate of drug-likeness (QED) is 0.0303. The van der Waals surface area contributed by atoms with Gasteiger partial charge in [0.2, 0.25) is 23.6 Å². The number of carbonyl (C=O) groups excluding carboxylic acids is 8. The molecule has 0 aliphatic heterocycles. The van der Waals surface area contributed by atoms with Gasteiger partial charge in [-0.15, -0.1) is 24.7 Å². The normalized spacial score (nSPS) is 14.5. The summed E-state index contributed by atoms with van der Waals surface area (Å²) in [5, 5.41) is 20.1. The van der Waals surface area contributed by atoms with Crippen LogP contribution in [0.5, 0.6) is 0 Å². The zero-order valence-corrected chi connectivity index (χ0v) is 42.9. The first-order valence-corrected chi connectivity index (χ1v) is 25.9. The Hall–Kier alpha value is -4.97. The highest BCUT2D eigenvalue weighted by molar-refractivity contribution is 5.97. The topological polar surface area (TPSA) is 300 Å². The van der Waals surface area contributed by atoms with E-state index in [2.05, 4.69) is 40.0 Å². The lowest BCUT2D eigenvalue weighted by molar-refractivity contribution is -0.143. The number of Topliss-reactive ketones (excluding diaryl/α,β-unsaturated/α-hetero) is 4. The number of hydrogen-bond donors (Lipinski definition) is 8. The van der Waals surface area contributed by atoms with Gasteiger partial charge in [-0.1, -0.05) is 78.6 Å². The van der Waals surface area contributed by atoms with Gasteiger partial charge in [0.05, 0.1) is 24.0 Å². The fourth-order valence-corrected chi connectivity index (χ4v) is 8.02. The number of aliphatic carboxylic acids is 1. The zero-order chi connectivity index (χ0) is 52.9. The molecule has 11 N–H and O–H groups in total. The van der Waals surface area contributed by atoms with E-state index in [1.165, 1.54) is 46.0 Å². The third kappa shape index (κ3) is 29.3. The highest BCUT2D eigenvalue weighted by Crippen LogP contribution is 2.20. The number of rotatable bonds is 44. The summed E-state index contributed by atoms with van der Waals surface area (Å²) in [7, 11) is 0. The SMILES string of the molecule is C#CC[C@H](CC(=O)[C@H](CCCCN)NC(=O)[C@H](C)CC(=O)CCCCCCCCCCC)C(=O)N[C@@H](C)C(=O)C[C@@H](CCCCN)C(=O)N[C@@H](CC#C)C(=O)C[C@@H](C)C(=O)N[C@@H](CCCCN)C(=O)O. The lowest BCUT2D eigenvalue weighted by Gasteiger charge is -2.24. The molecule has 0 aliphatic rings. The van der Waals surface area contributed by atoms with Crippen LogP contribution in [0.4, 0.5) is 0 Å². The van der Waals surface area contributed by atoms with Crippen molar-refractivity contribution in [2.45, 2.75) is 212 Å². The van der Waals surface area contributed by atoms with E-state index in [4.69, 9.17) is 30.0 Å². The predicted molar refractivity (Wildman–Crippen MR) is 272 cm³/mol. The predicted octanol–water partition coefficient (Wildman–Crippen LogP) is 4.73. The number of ketones is 4. The molecule has 17 nitrogen and oxygen atoms in total. The van der Waals surface area contributed by atoms with Gasteiger partial charge in [0.15, 0.2) is 17.3 Å². The van der Waals surface area contributed by atoms with Crippen molar-refractivity contribution >= 4 is 52.7 Å². The second-order valence-electron chi connectivity index (χ2n) is 19.0. The molecule has 0 rings (SSSR count). The van der Waals surface area contributed by atoms with E-state index in [-0.39, 0.29) is 63.6 Å². The molecule has 8 atom stereocenters. The lowest BCUT2D eigenvalue weighted by atomic mass is 9.90. The maximum absolute atomic E-state index is 13.8. The summed E-state index contributed by atoms with van der Waals surface area (Å²) in [6.07, 6.45) is 24.2. The fraction of sp³-hybridized carbons (Fsp3) is 0.755. The molecule has 0 aromatic carbocycles. The van der Waals surface area contributed by atoms with Crippen molar-refractivity contribution in [2.75, 3.05) is 19.6 Å². The lowest BCUT2D eigenvalue weighted by Crippen LogP contribution is -2.48. The molecule has 0 saturated heterocycles. The monoisotopic (exact) mass is 984 g/mol. The van der Waals surface area contributed by atoms with E-state index < -0.39 is 94.8 Å². The summed E-state index contributed by atoms with van der Waals surface area (Å²) in [6, 6.07) is -4.44. The molecule has 0 radical (unpaired) electrons. The van der Waals surface area contributed by atoms with Crippen LogP contribution in [0.3, 0.4) is 0 Å². The summed E-state index contributed by atoms with van der Waals surface area (Å²) in [5.74, 6) is -3.97. The fourth-order valence-electron chi connectivity index (χ4n) is 8.02. The first-order valence-electron chi connectivity index (χ1n) is 25.9. The van der Waals surface area contributed by atoms with Gasteiger partial charge >= 0.3 is 5.97 Å². The molecule has 0 unspecified atom stereocenters. The van der Waals surface area contributed by atoms with Crippen molar-refractivity contribution in [2.24, 2.45) is 40.9 Å². The number of carboxylic acids is 1. The summed E-state index contributed by atoms with van der Waals surface area (Å²) in [6.45, 7) is 7.82. The summed E-state index contributed by atoms with van der Waals surface area (Å²) < 4.78 is 0. The van der Waals surface area contributed by atoms with Crippen LogP contribution < -0.4 is 38.5 Å². The minimum absolute atomic E-state index is 0.00951. The number of carbonyl (C=O) groups is 9. The van der Waals surface area contributed by atoms with Crippen molar-refractivity contribution in [1.29, 1.82) is 0 Å². The molecule has 396 valence electrons. The molecular weight excluding hydrogens is 895 g/mol. The van der Waals surface area contributed by atoms with Crippen LogP contribution in [0.1, 0.15) is 188 Å². The number of nitrogens with two attached hydrogens (primary N) is 3. The van der Waals surface area contributed by atoms with Crippen molar-refractivity contribution < 1.29 is 48.3 Å². The van der Waals surface area contributed by atoms with Crippen molar-refractivity contribution in [1.82, 2.24) is 21.3 Å². The van der Waals surface area contributed by atoms with E-state index in [0.29, 0.717) is 64.6 Å². The van der Waals surface area contributed by atoms with E-state index >= 15 is 0 Å². The molecule has 0 saturated carbocycles. The second kappa shape index (κ2) is 39.7. The van der Waals surface area contributed by atoms with Crippen LogP contribution in [0, 0.1) is 48.4 Å². The van der Waals surface area contributed by atoms with Gasteiger partial charge < -0.3 is 43.6 Å². The van der Waals surface area contributed by atoms with Gasteiger partial charge in [-0.2, -0.15) is 0 Å². The van der Waals surface area contributed by atoms with Crippen molar-refractivity contribution in [3.8, 4) is 24.7 Å². The summed E-state index contributed by atoms with van der Waals surface area (Å²) >= 11 is 0. The minimum Gasteiger partial charge on any atom is -0.480 e. The second-order valence-corrected chi connectivity index (χ2v) is 19.0. The Balaban J connectivity index is 5.74. The van der Waals surface area contributed by atoms with E-state index in [1.54, 1.807) is 6.92 Å². The molecule has 0 fully saturated rings. The number of hydrogen-bond acceptors (Lipinski definition) is 12. The van der Waals surface area contributed by atoms with Gasteiger partial charge in [-0.25, -0.2) is 4.79 Å². The molecule has 0 aromatic rings. The van der Waals surface area contributed by atoms with Gasteiger partial charge in [-0.3, -0.25) is 38.4 Å². The standard InChI is InChI=1S/C53H89N7O10/c1-7-10-11-12-13-14-15-16-17-27-42(61)33-37(4)49(65)58-44(28-19-22-31-55)48(64)36-40(24-8-2)51(67)57-39(6)46(62)35-41(26-18-21-30-54)52(68)59-43(25-9-3)47(63)34-38(5)50(66)60-45(53(69)70)29-20-23-32-56/h2-3,37-41,43-45H,7,10-36,54-56H2,1,4-6H3,(H,57,67)(H,58,65)(H,59,68)(H,60,66)(H,69,70)/t37-,38-,39+,40-,41-,43+,44+,45+/m1/s1. The third-order valence-electron chi connectivity index (χ3n) is 12.6. The summed E-state index contributed by atoms with van der Waals surface area (Å²) in [4.78, 5) is 119. The molecule has 70 heavy (non-hydrogen) atoms. The smallest absolute Gasteiger partial charge is 0.326 e. The first-order chi connectivity index (χ1) is 33.4. The van der Waals surface area contributed by atoms with Crippen LogP contribution >= 0.6 is 0 Å². The van der Waals surface area contributed by atoms with Crippen LogP contribution in [-0.4, -0.2) is 102 Å². The molecule has 17 heteroatoms. The number of unbranched alkanes of at least 4 members (excludes halogenated alkanes) is 11. The van der Waals surface area contributed by atoms with Crippen LogP contribution in [0.2, 0.25) is 0 Å². The Labute approximate surface area is 418 Å². The Kier molecular flexibility index (Phi) is 36.9. The van der Waals surface area contributed by atoms with Gasteiger partial charge in [0.25, 0.3) is 0 Å². The molecule has 0 aromatic heterocycles. The summed E-state index contributed by atoms with van der Waals surface area (Å²) in [5.41, 5.74) is 16.9. The average molecular weight is 984 g/mol. The number of carboxylic acid groups (broad SMARTS) is 1. The number of terminal acetylenes is 2. The first kappa shape index (κ1) is 65.0. The molecule has 0 heterocycles. The van der Waals surface area contributed by atoms with Crippen molar-refractivity contribution in [3.05, 3.63) is 0 Å². The minimum atomic E-state index is -1.22. The molecular formula is C53H89N7O10. The maximum atomic E-state index is 13.8. The number of nitrogens with one attached hydrogen (secondary N) is 4. The Bertz CT molecular complexity index is 1710. The third-order valence-corrected chi connectivity index (χ3v) is 12.6. The maximum Gasteiger partial charge on any atom is 0.326 e. The van der Waals surface area contributed by atoms with E-state index in [1.807, 2.05) is 0 Å². The molecule has 0 bridgehead atoms. The van der Waals surface area contributed by atoms with Gasteiger partial charge in [0, 0.05) is 62.7 Å². The molecule has 4 amide bonds. The van der Waals surface area contributed by atoms with Gasteiger partial charge in [0.1, 0.15) is 11.8 Å². The zero-order valence-electron chi connectivity index (χ0n) is 42.9. The van der Waals surface area contributed by atoms with E-state index in [9.17, 15) is 48.3 Å². The average Bonchev–Trinajstić information content (AvgIpc) is 3.31. The van der Waals surface area contributed by atoms with Crippen LogP contribution in [0.15, 0.2) is 0 Å². The highest BCUT2D eigenvalue weighted by Gasteiger charge is 2.33. The number of amides is 4. The van der Waals surface area contributed by atoms with Gasteiger partial charge in [-0.05, 0) is 84.3 Å². The largest absolute Gasteiger partial charge is 0.480 e.